The molecule has 0 aromatic heterocycles. The second-order valence-corrected chi connectivity index (χ2v) is 10.3. The van der Waals surface area contributed by atoms with Crippen molar-refractivity contribution in [2.24, 2.45) is 0 Å². The summed E-state index contributed by atoms with van der Waals surface area (Å²) >= 11 is 1.69. The fourth-order valence-corrected chi connectivity index (χ4v) is 5.21. The predicted molar refractivity (Wildman–Crippen MR) is 158 cm³/mol. The lowest BCUT2D eigenvalue weighted by molar-refractivity contribution is -0.120. The molecule has 0 fully saturated rings. The number of benzene rings is 4. The summed E-state index contributed by atoms with van der Waals surface area (Å²) in [6.07, 6.45) is 4.29. The lowest BCUT2D eigenvalue weighted by atomic mass is 10.0. The van der Waals surface area contributed by atoms with Crippen LogP contribution < -0.4 is 5.32 Å². The van der Waals surface area contributed by atoms with Gasteiger partial charge in [0.1, 0.15) is 5.82 Å². The van der Waals surface area contributed by atoms with E-state index in [1.165, 1.54) is 17.0 Å². The molecule has 0 unspecified atom stereocenters. The van der Waals surface area contributed by atoms with E-state index in [1.54, 1.807) is 42.1 Å². The zero-order chi connectivity index (χ0) is 27.4. The number of amides is 1. The largest absolute Gasteiger partial charge is 0.352 e. The molecule has 0 saturated carbocycles. The van der Waals surface area contributed by atoms with E-state index in [0.717, 1.165) is 39.0 Å². The van der Waals surface area contributed by atoms with Crippen molar-refractivity contribution in [3.8, 4) is 0 Å². The van der Waals surface area contributed by atoms with Gasteiger partial charge in [-0.1, -0.05) is 72.8 Å². The highest BCUT2D eigenvalue weighted by atomic mass is 32.2. The minimum Gasteiger partial charge on any atom is -0.352 e. The Morgan fingerprint density at radius 2 is 1.54 bits per heavy atom. The monoisotopic (exact) mass is 533 g/mol. The van der Waals surface area contributed by atoms with E-state index in [0.29, 0.717) is 17.7 Å². The van der Waals surface area contributed by atoms with Gasteiger partial charge in [-0.15, -0.1) is 11.8 Å². The third-order valence-electron chi connectivity index (χ3n) is 6.96. The third-order valence-corrected chi connectivity index (χ3v) is 7.70. The van der Waals surface area contributed by atoms with Crippen molar-refractivity contribution in [2.75, 3.05) is 6.26 Å². The highest BCUT2D eigenvalue weighted by molar-refractivity contribution is 7.98. The molecule has 1 amide bonds. The number of carbonyl (C=O) groups is 2. The summed E-state index contributed by atoms with van der Waals surface area (Å²) in [5.41, 5.74) is 7.69. The van der Waals surface area contributed by atoms with Gasteiger partial charge in [0.2, 0.25) is 5.91 Å². The van der Waals surface area contributed by atoms with Gasteiger partial charge < -0.3 is 5.32 Å². The maximum atomic E-state index is 14.2. The number of fused-ring (bicyclic) bond motifs is 1. The smallest absolute Gasteiger partial charge is 0.224 e. The first kappa shape index (κ1) is 26.4. The Kier molecular flexibility index (Phi) is 7.89. The minimum atomic E-state index is -0.324. The molecule has 0 bridgehead atoms. The van der Waals surface area contributed by atoms with Crippen molar-refractivity contribution >= 4 is 40.7 Å². The van der Waals surface area contributed by atoms with Gasteiger partial charge in [-0.05, 0) is 82.5 Å². The van der Waals surface area contributed by atoms with Gasteiger partial charge in [-0.2, -0.15) is 0 Å². The number of halogens is 1. The molecule has 194 valence electrons. The van der Waals surface area contributed by atoms with E-state index >= 15 is 0 Å². The number of rotatable bonds is 8. The number of hydrogen-bond donors (Lipinski definition) is 1. The Morgan fingerprint density at radius 1 is 0.846 bits per heavy atom. The molecule has 1 aliphatic rings. The number of ketones is 1. The van der Waals surface area contributed by atoms with Gasteiger partial charge in [0.25, 0.3) is 0 Å². The van der Waals surface area contributed by atoms with Crippen LogP contribution in [-0.2, 0) is 11.3 Å². The molecule has 5 heteroatoms. The molecule has 0 aliphatic heterocycles. The van der Waals surface area contributed by atoms with Crippen molar-refractivity contribution in [1.82, 2.24) is 5.32 Å². The summed E-state index contributed by atoms with van der Waals surface area (Å²) < 4.78 is 14.2. The second kappa shape index (κ2) is 11.7. The molecule has 1 aliphatic carbocycles. The van der Waals surface area contributed by atoms with E-state index < -0.39 is 0 Å². The predicted octanol–water partition coefficient (Wildman–Crippen LogP) is 7.81. The second-order valence-electron chi connectivity index (χ2n) is 9.47. The van der Waals surface area contributed by atoms with E-state index in [2.05, 4.69) is 35.7 Å². The fourth-order valence-electron chi connectivity index (χ4n) is 4.80. The quantitative estimate of drug-likeness (QED) is 0.186. The number of allylic oxidation sites excluding steroid dienone is 2. The van der Waals surface area contributed by atoms with Crippen LogP contribution >= 0.6 is 11.8 Å². The molecule has 4 aromatic rings. The first-order valence-corrected chi connectivity index (χ1v) is 14.0. The number of thioether (sulfide) groups is 1. The third kappa shape index (κ3) is 5.94. The molecule has 0 saturated heterocycles. The van der Waals surface area contributed by atoms with Gasteiger partial charge in [0.15, 0.2) is 5.78 Å². The number of carbonyl (C=O) groups excluding carboxylic acids is 2. The van der Waals surface area contributed by atoms with Crippen molar-refractivity contribution < 1.29 is 14.0 Å². The van der Waals surface area contributed by atoms with Crippen LogP contribution in [0.3, 0.4) is 0 Å². The van der Waals surface area contributed by atoms with Crippen LogP contribution in [0.1, 0.15) is 51.5 Å². The molecule has 3 nitrogen and oxygen atoms in total. The zero-order valence-corrected chi connectivity index (χ0v) is 22.6. The molecule has 0 atom stereocenters. The number of nitrogens with one attached hydrogen (secondary N) is 1. The maximum Gasteiger partial charge on any atom is 0.224 e. The average molecular weight is 534 g/mol. The summed E-state index contributed by atoms with van der Waals surface area (Å²) in [5.74, 6) is -0.505. The summed E-state index contributed by atoms with van der Waals surface area (Å²) in [6.45, 7) is 2.33. The van der Waals surface area contributed by atoms with Gasteiger partial charge >= 0.3 is 0 Å². The molecular weight excluding hydrogens is 505 g/mol. The minimum absolute atomic E-state index is 0.0372. The number of hydrogen-bond acceptors (Lipinski definition) is 3. The SMILES string of the molecule is CSc1ccc(/C=C2/C(C)=C(CC(=O)NCc3ccc(C(=O)c4ccccc4)cc3)c3cc(F)ccc32)cc1. The Balaban J connectivity index is 1.30. The lowest BCUT2D eigenvalue weighted by Gasteiger charge is -2.09. The first-order chi connectivity index (χ1) is 18.9. The van der Waals surface area contributed by atoms with E-state index in [9.17, 15) is 14.0 Å². The van der Waals surface area contributed by atoms with Crippen LogP contribution in [0.15, 0.2) is 108 Å². The Hall–Kier alpha value is -4.22. The van der Waals surface area contributed by atoms with Crippen LogP contribution in [0.4, 0.5) is 4.39 Å². The van der Waals surface area contributed by atoms with Crippen LogP contribution in [-0.4, -0.2) is 17.9 Å². The lowest BCUT2D eigenvalue weighted by Crippen LogP contribution is -2.22. The van der Waals surface area contributed by atoms with E-state index in [1.807, 2.05) is 43.5 Å². The molecule has 0 heterocycles. The molecule has 4 aromatic carbocycles. The topological polar surface area (TPSA) is 46.2 Å². The first-order valence-electron chi connectivity index (χ1n) is 12.7. The van der Waals surface area contributed by atoms with Crippen molar-refractivity contribution in [3.63, 3.8) is 0 Å². The van der Waals surface area contributed by atoms with Gasteiger partial charge in [-0.25, -0.2) is 4.39 Å². The highest BCUT2D eigenvalue weighted by Crippen LogP contribution is 2.43. The standard InChI is InChI=1S/C34H28FNO2S/c1-22-30(18-23-10-15-28(39-2)16-11-23)29-17-14-27(35)19-32(29)31(22)20-33(37)36-21-24-8-12-26(13-9-24)34(38)25-6-4-3-5-7-25/h3-19H,20-21H2,1-2H3,(H,36,37)/b30-18-. The van der Waals surface area contributed by atoms with Crippen LogP contribution in [0, 0.1) is 5.82 Å². The van der Waals surface area contributed by atoms with Crippen molar-refractivity contribution in [2.45, 2.75) is 24.8 Å². The molecular formula is C34H28FNO2S. The van der Waals surface area contributed by atoms with E-state index in [-0.39, 0.29) is 23.9 Å². The Labute approximate surface area is 232 Å². The molecule has 39 heavy (non-hydrogen) atoms. The summed E-state index contributed by atoms with van der Waals surface area (Å²) in [7, 11) is 0. The molecule has 0 radical (unpaired) electrons. The maximum absolute atomic E-state index is 14.2. The van der Waals surface area contributed by atoms with Crippen molar-refractivity contribution in [1.29, 1.82) is 0 Å². The fraction of sp³-hybridized carbons (Fsp3) is 0.118. The van der Waals surface area contributed by atoms with Gasteiger partial charge in [0.05, 0.1) is 6.42 Å². The highest BCUT2D eigenvalue weighted by Gasteiger charge is 2.25. The molecule has 5 rings (SSSR count). The van der Waals surface area contributed by atoms with E-state index in [4.69, 9.17) is 0 Å². The molecule has 1 N–H and O–H groups in total. The summed E-state index contributed by atoms with van der Waals surface area (Å²) in [5, 5.41) is 2.98. The Morgan fingerprint density at radius 3 is 2.23 bits per heavy atom. The van der Waals surface area contributed by atoms with Gasteiger partial charge in [0, 0.05) is 22.6 Å². The average Bonchev–Trinajstić information content (AvgIpc) is 3.22. The van der Waals surface area contributed by atoms with Crippen LogP contribution in [0.25, 0.3) is 17.2 Å². The Bertz CT molecular complexity index is 1590. The van der Waals surface area contributed by atoms with Crippen LogP contribution in [0.2, 0.25) is 0 Å². The van der Waals surface area contributed by atoms with Crippen LogP contribution in [0.5, 0.6) is 0 Å². The summed E-state index contributed by atoms with van der Waals surface area (Å²) in [4.78, 5) is 26.8. The van der Waals surface area contributed by atoms with Gasteiger partial charge in [-0.3, -0.25) is 9.59 Å². The summed E-state index contributed by atoms with van der Waals surface area (Å²) in [6, 6.07) is 29.5. The normalized spacial score (nSPS) is 13.5. The zero-order valence-electron chi connectivity index (χ0n) is 21.8. The van der Waals surface area contributed by atoms with Crippen molar-refractivity contribution in [3.05, 3.63) is 142 Å². The molecule has 0 spiro atoms.